The normalized spacial score (nSPS) is 19.7. The summed E-state index contributed by atoms with van der Waals surface area (Å²) in [4.78, 5) is 18.4. The quantitative estimate of drug-likeness (QED) is 0.709. The van der Waals surface area contributed by atoms with Crippen molar-refractivity contribution in [1.29, 1.82) is 0 Å². The van der Waals surface area contributed by atoms with Crippen molar-refractivity contribution in [2.45, 2.75) is 43.1 Å². The van der Waals surface area contributed by atoms with Crippen LogP contribution in [0.5, 0.6) is 0 Å². The second kappa shape index (κ2) is 7.70. The van der Waals surface area contributed by atoms with Crippen LogP contribution in [0.15, 0.2) is 22.7 Å². The average Bonchev–Trinajstić information content (AvgIpc) is 3.19. The lowest BCUT2D eigenvalue weighted by molar-refractivity contribution is -0.132. The van der Waals surface area contributed by atoms with Gasteiger partial charge in [-0.1, -0.05) is 24.8 Å². The molecule has 140 valence electrons. The maximum Gasteiger partial charge on any atom is 0.235 e. The van der Waals surface area contributed by atoms with Crippen molar-refractivity contribution < 1.29 is 4.79 Å². The molecule has 4 rings (SSSR count). The summed E-state index contributed by atoms with van der Waals surface area (Å²) in [6, 6.07) is 4.62. The third-order valence-corrected chi connectivity index (χ3v) is 6.99. The van der Waals surface area contributed by atoms with E-state index in [1.165, 1.54) is 12.8 Å². The first-order valence-electron chi connectivity index (χ1n) is 9.34. The molecule has 1 aliphatic heterocycles. The first-order chi connectivity index (χ1) is 12.7. The number of hydrogen-bond donors (Lipinski definition) is 0. The maximum absolute atomic E-state index is 12.9. The summed E-state index contributed by atoms with van der Waals surface area (Å²) in [5.74, 6) is 1.16. The van der Waals surface area contributed by atoms with Gasteiger partial charge in [0.25, 0.3) is 0 Å². The van der Waals surface area contributed by atoms with Gasteiger partial charge >= 0.3 is 0 Å². The van der Waals surface area contributed by atoms with E-state index in [1.54, 1.807) is 23.1 Å². The number of rotatable bonds is 6. The highest BCUT2D eigenvalue weighted by molar-refractivity contribution is 8.00. The molecule has 2 aliphatic rings. The highest BCUT2D eigenvalue weighted by atomic mass is 32.2. The molecule has 1 amide bonds. The van der Waals surface area contributed by atoms with Crippen LogP contribution in [0, 0.1) is 0 Å². The highest BCUT2D eigenvalue weighted by Crippen LogP contribution is 2.42. The average molecular weight is 392 g/mol. The standard InChI is InChI=1S/C18H25N5OS2/c1-3-21-8-10-22(11-9-21)17(24)13(2)26-18-20-19-16(15-5-4-12-25-15)23(18)14-6-7-14/h4-5,12-14H,3,6-11H2,1-2H3/t13-/m0/s1. The lowest BCUT2D eigenvalue weighted by Gasteiger charge is -2.35. The summed E-state index contributed by atoms with van der Waals surface area (Å²) in [7, 11) is 0. The number of hydrogen-bond acceptors (Lipinski definition) is 6. The molecule has 2 aromatic heterocycles. The Kier molecular flexibility index (Phi) is 5.33. The van der Waals surface area contributed by atoms with Crippen LogP contribution in [0.25, 0.3) is 10.7 Å². The van der Waals surface area contributed by atoms with E-state index >= 15 is 0 Å². The fourth-order valence-corrected chi connectivity index (χ4v) is 5.05. The first kappa shape index (κ1) is 18.0. The number of likely N-dealkylation sites (N-methyl/N-ethyl adjacent to an activating group) is 1. The molecule has 26 heavy (non-hydrogen) atoms. The third kappa shape index (κ3) is 3.68. The molecule has 0 spiro atoms. The molecule has 0 radical (unpaired) electrons. The van der Waals surface area contributed by atoms with Crippen molar-refractivity contribution in [3.63, 3.8) is 0 Å². The van der Waals surface area contributed by atoms with E-state index in [1.807, 2.05) is 17.9 Å². The van der Waals surface area contributed by atoms with Crippen molar-refractivity contribution in [1.82, 2.24) is 24.6 Å². The van der Waals surface area contributed by atoms with Gasteiger partial charge in [-0.05, 0) is 37.8 Å². The van der Waals surface area contributed by atoms with Crippen LogP contribution in [0.4, 0.5) is 0 Å². The van der Waals surface area contributed by atoms with Gasteiger partial charge in [-0.2, -0.15) is 0 Å². The Morgan fingerprint density at radius 3 is 2.69 bits per heavy atom. The van der Waals surface area contributed by atoms with Crippen molar-refractivity contribution in [3.05, 3.63) is 17.5 Å². The smallest absolute Gasteiger partial charge is 0.235 e. The van der Waals surface area contributed by atoms with Gasteiger partial charge < -0.3 is 9.80 Å². The maximum atomic E-state index is 12.9. The minimum absolute atomic E-state index is 0.138. The minimum Gasteiger partial charge on any atom is -0.339 e. The Balaban J connectivity index is 1.46. The molecule has 1 atom stereocenters. The second-order valence-electron chi connectivity index (χ2n) is 6.90. The van der Waals surface area contributed by atoms with Gasteiger partial charge in [-0.25, -0.2) is 0 Å². The van der Waals surface area contributed by atoms with Crippen molar-refractivity contribution >= 4 is 29.0 Å². The third-order valence-electron chi connectivity index (χ3n) is 5.08. The van der Waals surface area contributed by atoms with E-state index < -0.39 is 0 Å². The SMILES string of the molecule is CCN1CCN(C(=O)[C@H](C)Sc2nnc(-c3cccs3)n2C2CC2)CC1. The fourth-order valence-electron chi connectivity index (χ4n) is 3.34. The van der Waals surface area contributed by atoms with E-state index in [2.05, 4.69) is 38.0 Å². The molecular formula is C18H25N5OS2. The van der Waals surface area contributed by atoms with E-state index in [9.17, 15) is 4.79 Å². The first-order valence-corrected chi connectivity index (χ1v) is 11.1. The van der Waals surface area contributed by atoms with Gasteiger partial charge in [0.05, 0.1) is 10.1 Å². The fraction of sp³-hybridized carbons (Fsp3) is 0.611. The molecule has 1 saturated heterocycles. The van der Waals surface area contributed by atoms with Gasteiger partial charge in [-0.15, -0.1) is 21.5 Å². The van der Waals surface area contributed by atoms with E-state index in [0.717, 1.165) is 48.6 Å². The highest BCUT2D eigenvalue weighted by Gasteiger charge is 2.33. The molecule has 3 heterocycles. The van der Waals surface area contributed by atoms with Crippen LogP contribution in [0.2, 0.25) is 0 Å². The van der Waals surface area contributed by atoms with E-state index in [-0.39, 0.29) is 11.2 Å². The summed E-state index contributed by atoms with van der Waals surface area (Å²) < 4.78 is 2.25. The molecule has 6 nitrogen and oxygen atoms in total. The molecule has 2 aromatic rings. The van der Waals surface area contributed by atoms with Gasteiger partial charge in [0.2, 0.25) is 5.91 Å². The molecule has 1 aliphatic carbocycles. The number of aromatic nitrogens is 3. The molecular weight excluding hydrogens is 366 g/mol. The van der Waals surface area contributed by atoms with Gasteiger partial charge in [0.15, 0.2) is 11.0 Å². The summed E-state index contributed by atoms with van der Waals surface area (Å²) >= 11 is 3.24. The van der Waals surface area contributed by atoms with E-state index in [0.29, 0.717) is 6.04 Å². The molecule has 8 heteroatoms. The number of carbonyl (C=O) groups is 1. The number of nitrogens with zero attached hydrogens (tertiary/aromatic N) is 5. The summed E-state index contributed by atoms with van der Waals surface area (Å²) in [5.41, 5.74) is 0. The van der Waals surface area contributed by atoms with Gasteiger partial charge in [0, 0.05) is 32.2 Å². The monoisotopic (exact) mass is 391 g/mol. The second-order valence-corrected chi connectivity index (χ2v) is 9.16. The Morgan fingerprint density at radius 2 is 2.08 bits per heavy atom. The van der Waals surface area contributed by atoms with Crippen molar-refractivity contribution in [3.8, 4) is 10.7 Å². The Hall–Kier alpha value is -1.38. The lowest BCUT2D eigenvalue weighted by Crippen LogP contribution is -2.50. The van der Waals surface area contributed by atoms with Crippen molar-refractivity contribution in [2.24, 2.45) is 0 Å². The largest absolute Gasteiger partial charge is 0.339 e. The number of thiophene rings is 1. The summed E-state index contributed by atoms with van der Waals surface area (Å²) in [6.07, 6.45) is 2.34. The van der Waals surface area contributed by atoms with Crippen LogP contribution in [0.3, 0.4) is 0 Å². The predicted octanol–water partition coefficient (Wildman–Crippen LogP) is 2.99. The summed E-state index contributed by atoms with van der Waals surface area (Å²) in [5, 5.41) is 11.7. The molecule has 1 saturated carbocycles. The van der Waals surface area contributed by atoms with Crippen molar-refractivity contribution in [2.75, 3.05) is 32.7 Å². The lowest BCUT2D eigenvalue weighted by atomic mass is 10.3. The predicted molar refractivity (Wildman–Crippen MR) is 106 cm³/mol. The molecule has 0 bridgehead atoms. The number of amides is 1. The molecule has 0 aromatic carbocycles. The number of thioether (sulfide) groups is 1. The van der Waals surface area contributed by atoms with Crippen LogP contribution < -0.4 is 0 Å². The minimum atomic E-state index is -0.138. The van der Waals surface area contributed by atoms with Crippen LogP contribution in [-0.4, -0.2) is 68.4 Å². The summed E-state index contributed by atoms with van der Waals surface area (Å²) in [6.45, 7) is 8.82. The Morgan fingerprint density at radius 1 is 1.31 bits per heavy atom. The molecule has 0 N–H and O–H groups in total. The number of carbonyl (C=O) groups excluding carboxylic acids is 1. The van der Waals surface area contributed by atoms with Crippen LogP contribution in [-0.2, 0) is 4.79 Å². The molecule has 2 fully saturated rings. The zero-order valence-electron chi connectivity index (χ0n) is 15.3. The van der Waals surface area contributed by atoms with Crippen LogP contribution in [0.1, 0.15) is 32.7 Å². The van der Waals surface area contributed by atoms with E-state index in [4.69, 9.17) is 0 Å². The van der Waals surface area contributed by atoms with Crippen LogP contribution >= 0.6 is 23.1 Å². The topological polar surface area (TPSA) is 54.3 Å². The molecule has 0 unspecified atom stereocenters. The van der Waals surface area contributed by atoms with Gasteiger partial charge in [-0.3, -0.25) is 9.36 Å². The zero-order valence-corrected chi connectivity index (χ0v) is 16.9. The zero-order chi connectivity index (χ0) is 18.1. The Labute approximate surface area is 162 Å². The number of piperazine rings is 1. The Bertz CT molecular complexity index is 748. The van der Waals surface area contributed by atoms with Gasteiger partial charge in [0.1, 0.15) is 0 Å².